The van der Waals surface area contributed by atoms with Crippen LogP contribution in [-0.4, -0.2) is 49.4 Å². The van der Waals surface area contributed by atoms with E-state index in [1.807, 2.05) is 25.5 Å². The molecule has 2 N–H and O–H groups in total. The number of likely N-dealkylation sites (tertiary alicyclic amines) is 1. The Balaban J connectivity index is 1.80. The fourth-order valence-corrected chi connectivity index (χ4v) is 2.79. The van der Waals surface area contributed by atoms with Crippen LogP contribution in [0.25, 0.3) is 11.0 Å². The molecule has 1 atom stereocenters. The van der Waals surface area contributed by atoms with E-state index in [2.05, 4.69) is 15.1 Å². The fourth-order valence-electron chi connectivity index (χ4n) is 2.79. The third kappa shape index (κ3) is 3.20. The highest BCUT2D eigenvalue weighted by Gasteiger charge is 2.29. The first-order chi connectivity index (χ1) is 10.8. The number of ether oxygens (including phenoxy) is 1. The summed E-state index contributed by atoms with van der Waals surface area (Å²) in [6.07, 6.45) is 4.65. The molecule has 0 saturated carbocycles. The molecule has 0 aromatic carbocycles. The molecule has 8 nitrogen and oxygen atoms in total. The number of nitrogens with two attached hydrogens (primary N) is 1. The van der Waals surface area contributed by atoms with Crippen molar-refractivity contribution in [1.82, 2.24) is 24.6 Å². The molecule has 1 aliphatic rings. The molecule has 0 spiro atoms. The fraction of sp³-hybridized carbons (Fsp3) is 0.600. The van der Waals surface area contributed by atoms with Gasteiger partial charge in [-0.1, -0.05) is 0 Å². The Hall–Kier alpha value is -2.38. The van der Waals surface area contributed by atoms with E-state index in [-0.39, 0.29) is 12.1 Å². The Kier molecular flexibility index (Phi) is 3.83. The molecule has 2 aromatic rings. The molecule has 1 unspecified atom stereocenters. The molecule has 0 radical (unpaired) electrons. The van der Waals surface area contributed by atoms with E-state index in [1.54, 1.807) is 11.1 Å². The molecule has 0 aliphatic carbocycles. The average Bonchev–Trinajstić information content (AvgIpc) is 2.91. The number of amides is 1. The molecule has 0 bridgehead atoms. The van der Waals surface area contributed by atoms with Crippen molar-refractivity contribution >= 4 is 22.9 Å². The number of hydrogen-bond acceptors (Lipinski definition) is 6. The van der Waals surface area contributed by atoms with Crippen LogP contribution in [-0.2, 0) is 4.74 Å². The van der Waals surface area contributed by atoms with E-state index in [0.29, 0.717) is 24.6 Å². The second-order valence-corrected chi connectivity index (χ2v) is 6.81. The van der Waals surface area contributed by atoms with Gasteiger partial charge in [0.05, 0.1) is 17.6 Å². The van der Waals surface area contributed by atoms with E-state index in [1.165, 1.54) is 6.33 Å². The van der Waals surface area contributed by atoms with Crippen molar-refractivity contribution in [3.63, 3.8) is 0 Å². The van der Waals surface area contributed by atoms with Crippen LogP contribution in [0.1, 0.15) is 39.7 Å². The van der Waals surface area contributed by atoms with Crippen molar-refractivity contribution in [2.24, 2.45) is 0 Å². The first kappa shape index (κ1) is 15.5. The molecule has 3 rings (SSSR count). The van der Waals surface area contributed by atoms with Crippen LogP contribution in [0.15, 0.2) is 12.5 Å². The van der Waals surface area contributed by atoms with Crippen molar-refractivity contribution < 1.29 is 9.53 Å². The van der Waals surface area contributed by atoms with E-state index < -0.39 is 5.60 Å². The summed E-state index contributed by atoms with van der Waals surface area (Å²) in [5, 5.41) is 5.14. The molecule has 1 aliphatic heterocycles. The largest absolute Gasteiger partial charge is 0.444 e. The molecule has 2 aromatic heterocycles. The number of aromatic nitrogens is 4. The van der Waals surface area contributed by atoms with Gasteiger partial charge in [0.1, 0.15) is 17.7 Å². The summed E-state index contributed by atoms with van der Waals surface area (Å²) in [7, 11) is 0. The lowest BCUT2D eigenvalue weighted by Crippen LogP contribution is -2.43. The van der Waals surface area contributed by atoms with E-state index in [4.69, 9.17) is 10.5 Å². The average molecular weight is 318 g/mol. The number of rotatable bonds is 1. The first-order valence-corrected chi connectivity index (χ1v) is 7.77. The molecule has 1 saturated heterocycles. The van der Waals surface area contributed by atoms with Crippen LogP contribution in [0, 0.1) is 0 Å². The van der Waals surface area contributed by atoms with Crippen LogP contribution < -0.4 is 5.73 Å². The van der Waals surface area contributed by atoms with Gasteiger partial charge >= 0.3 is 6.09 Å². The summed E-state index contributed by atoms with van der Waals surface area (Å²) < 4.78 is 7.30. The highest BCUT2D eigenvalue weighted by Crippen LogP contribution is 2.26. The standard InChI is InChI=1S/C15H22N6O2/c1-15(2,3)23-14(22)20-6-4-5-10(8-20)21-13-11(7-19-21)12(16)17-9-18-13/h7,9-10H,4-6,8H2,1-3H3,(H2,16,17,18). The maximum absolute atomic E-state index is 12.3. The van der Waals surface area contributed by atoms with Crippen LogP contribution in [0.2, 0.25) is 0 Å². The topological polar surface area (TPSA) is 99.2 Å². The second-order valence-electron chi connectivity index (χ2n) is 6.81. The summed E-state index contributed by atoms with van der Waals surface area (Å²) in [6.45, 7) is 6.85. The Morgan fingerprint density at radius 2 is 2.17 bits per heavy atom. The minimum Gasteiger partial charge on any atom is -0.444 e. The van der Waals surface area contributed by atoms with Gasteiger partial charge in [0.25, 0.3) is 0 Å². The number of nitrogens with zero attached hydrogens (tertiary/aromatic N) is 5. The predicted octanol–water partition coefficient (Wildman–Crippen LogP) is 1.98. The van der Waals surface area contributed by atoms with E-state index in [0.717, 1.165) is 18.2 Å². The first-order valence-electron chi connectivity index (χ1n) is 7.77. The van der Waals surface area contributed by atoms with Gasteiger partial charge < -0.3 is 15.4 Å². The van der Waals surface area contributed by atoms with E-state index >= 15 is 0 Å². The third-order valence-corrected chi connectivity index (χ3v) is 3.82. The summed E-state index contributed by atoms with van der Waals surface area (Å²) in [6, 6.07) is 0.0584. The van der Waals surface area contributed by atoms with Crippen molar-refractivity contribution in [1.29, 1.82) is 0 Å². The maximum atomic E-state index is 12.3. The van der Waals surface area contributed by atoms with Gasteiger partial charge in [0, 0.05) is 13.1 Å². The minimum absolute atomic E-state index is 0.0584. The molecule has 124 valence electrons. The summed E-state index contributed by atoms with van der Waals surface area (Å²) >= 11 is 0. The Bertz CT molecular complexity index is 720. The van der Waals surface area contributed by atoms with Gasteiger partial charge in [-0.15, -0.1) is 0 Å². The number of fused-ring (bicyclic) bond motifs is 1. The molecule has 8 heteroatoms. The summed E-state index contributed by atoms with van der Waals surface area (Å²) in [5.74, 6) is 0.418. The van der Waals surface area contributed by atoms with Crippen LogP contribution >= 0.6 is 0 Å². The van der Waals surface area contributed by atoms with Crippen molar-refractivity contribution in [2.45, 2.75) is 45.3 Å². The van der Waals surface area contributed by atoms with Crippen molar-refractivity contribution in [2.75, 3.05) is 18.8 Å². The number of nitrogen functional groups attached to an aromatic ring is 1. The van der Waals surface area contributed by atoms with Gasteiger partial charge in [-0.3, -0.25) is 0 Å². The smallest absolute Gasteiger partial charge is 0.410 e. The Morgan fingerprint density at radius 3 is 2.91 bits per heavy atom. The van der Waals surface area contributed by atoms with E-state index in [9.17, 15) is 4.79 Å². The second kappa shape index (κ2) is 5.68. The lowest BCUT2D eigenvalue weighted by atomic mass is 10.1. The molecule has 3 heterocycles. The summed E-state index contributed by atoms with van der Waals surface area (Å²) in [4.78, 5) is 22.3. The monoisotopic (exact) mass is 318 g/mol. The van der Waals surface area contributed by atoms with Gasteiger partial charge in [0.15, 0.2) is 5.65 Å². The predicted molar refractivity (Wildman–Crippen MR) is 85.8 cm³/mol. The lowest BCUT2D eigenvalue weighted by Gasteiger charge is -2.34. The Labute approximate surface area is 134 Å². The minimum atomic E-state index is -0.496. The third-order valence-electron chi connectivity index (χ3n) is 3.82. The zero-order valence-corrected chi connectivity index (χ0v) is 13.7. The van der Waals surface area contributed by atoms with Crippen molar-refractivity contribution in [3.8, 4) is 0 Å². The molecular formula is C15H22N6O2. The summed E-state index contributed by atoms with van der Waals surface area (Å²) in [5.41, 5.74) is 6.06. The number of hydrogen-bond donors (Lipinski definition) is 1. The van der Waals surface area contributed by atoms with Crippen LogP contribution in [0.4, 0.5) is 10.6 Å². The van der Waals surface area contributed by atoms with Gasteiger partial charge in [-0.2, -0.15) is 5.10 Å². The highest BCUT2D eigenvalue weighted by molar-refractivity contribution is 5.84. The van der Waals surface area contributed by atoms with Crippen molar-refractivity contribution in [3.05, 3.63) is 12.5 Å². The normalized spacial score (nSPS) is 19.1. The van der Waals surface area contributed by atoms with Gasteiger partial charge in [-0.25, -0.2) is 19.4 Å². The zero-order valence-electron chi connectivity index (χ0n) is 13.7. The molecular weight excluding hydrogens is 296 g/mol. The molecule has 23 heavy (non-hydrogen) atoms. The number of carbonyl (C=O) groups excluding carboxylic acids is 1. The number of piperidine rings is 1. The number of carbonyl (C=O) groups is 1. The van der Waals surface area contributed by atoms with Gasteiger partial charge in [0.2, 0.25) is 0 Å². The maximum Gasteiger partial charge on any atom is 0.410 e. The Morgan fingerprint density at radius 1 is 1.39 bits per heavy atom. The number of anilines is 1. The zero-order chi connectivity index (χ0) is 16.6. The quantitative estimate of drug-likeness (QED) is 0.863. The lowest BCUT2D eigenvalue weighted by molar-refractivity contribution is 0.0169. The van der Waals surface area contributed by atoms with Crippen LogP contribution in [0.3, 0.4) is 0 Å². The van der Waals surface area contributed by atoms with Crippen LogP contribution in [0.5, 0.6) is 0 Å². The SMILES string of the molecule is CC(C)(C)OC(=O)N1CCCC(n2ncc3c(N)ncnc32)C1. The highest BCUT2D eigenvalue weighted by atomic mass is 16.6. The molecule has 1 amide bonds. The van der Waals surface area contributed by atoms with Gasteiger partial charge in [-0.05, 0) is 33.6 Å². The molecule has 1 fully saturated rings.